The van der Waals surface area contributed by atoms with Gasteiger partial charge in [0.15, 0.2) is 0 Å². The number of pyridine rings is 1. The number of hydrogen-bond donors (Lipinski definition) is 2. The van der Waals surface area contributed by atoms with E-state index in [1.807, 2.05) is 31.2 Å². The predicted molar refractivity (Wildman–Crippen MR) is 113 cm³/mol. The second-order valence-corrected chi connectivity index (χ2v) is 7.72. The summed E-state index contributed by atoms with van der Waals surface area (Å²) in [6, 6.07) is 11.1. The molecule has 1 aromatic heterocycles. The van der Waals surface area contributed by atoms with Crippen LogP contribution in [0.15, 0.2) is 47.4 Å². The lowest BCUT2D eigenvalue weighted by Crippen LogP contribution is -2.40. The Morgan fingerprint density at radius 3 is 2.59 bits per heavy atom. The molecule has 1 fully saturated rings. The summed E-state index contributed by atoms with van der Waals surface area (Å²) in [6.07, 6.45) is 7.65. The van der Waals surface area contributed by atoms with Gasteiger partial charge in [-0.3, -0.25) is 14.4 Å². The van der Waals surface area contributed by atoms with Crippen LogP contribution in [0.2, 0.25) is 0 Å². The molecule has 2 N–H and O–H groups in total. The summed E-state index contributed by atoms with van der Waals surface area (Å²) < 4.78 is 1.30. The molecule has 2 amide bonds. The molecule has 0 spiro atoms. The van der Waals surface area contributed by atoms with Crippen LogP contribution < -0.4 is 16.2 Å². The molecule has 1 aliphatic carbocycles. The highest BCUT2D eigenvalue weighted by atomic mass is 16.2. The van der Waals surface area contributed by atoms with Crippen LogP contribution >= 0.6 is 0 Å². The van der Waals surface area contributed by atoms with Crippen molar-refractivity contribution in [2.24, 2.45) is 0 Å². The van der Waals surface area contributed by atoms with E-state index in [9.17, 15) is 14.4 Å². The number of carbonyl (C=O) groups excluding carboxylic acids is 2. The van der Waals surface area contributed by atoms with Crippen LogP contribution in [0.3, 0.4) is 0 Å². The van der Waals surface area contributed by atoms with Gasteiger partial charge in [-0.2, -0.15) is 0 Å². The fourth-order valence-corrected chi connectivity index (χ4v) is 3.77. The molecular formula is C23H29N3O3. The highest BCUT2D eigenvalue weighted by Gasteiger charge is 2.16. The van der Waals surface area contributed by atoms with Gasteiger partial charge in [-0.15, -0.1) is 0 Å². The first kappa shape index (κ1) is 20.8. The van der Waals surface area contributed by atoms with E-state index in [1.165, 1.54) is 40.4 Å². The Balaban J connectivity index is 1.56. The van der Waals surface area contributed by atoms with Crippen molar-refractivity contribution in [2.75, 3.05) is 6.54 Å². The zero-order valence-electron chi connectivity index (χ0n) is 16.9. The Morgan fingerprint density at radius 1 is 1.07 bits per heavy atom. The first-order chi connectivity index (χ1) is 14.0. The minimum absolute atomic E-state index is 0.0698. The van der Waals surface area contributed by atoms with E-state index < -0.39 is 0 Å². The van der Waals surface area contributed by atoms with Gasteiger partial charge in [0, 0.05) is 24.8 Å². The number of carbonyl (C=O) groups is 2. The van der Waals surface area contributed by atoms with Gasteiger partial charge < -0.3 is 15.2 Å². The van der Waals surface area contributed by atoms with Crippen molar-refractivity contribution >= 4 is 11.8 Å². The molecule has 0 aliphatic heterocycles. The number of rotatable bonds is 7. The van der Waals surface area contributed by atoms with Crippen LogP contribution in [-0.2, 0) is 17.8 Å². The summed E-state index contributed by atoms with van der Waals surface area (Å²) in [4.78, 5) is 36.9. The van der Waals surface area contributed by atoms with Gasteiger partial charge in [-0.25, -0.2) is 0 Å². The molecule has 0 bridgehead atoms. The quantitative estimate of drug-likeness (QED) is 0.756. The highest BCUT2D eigenvalue weighted by molar-refractivity contribution is 5.93. The molecule has 2 aromatic rings. The Bertz CT molecular complexity index is 914. The number of benzene rings is 1. The van der Waals surface area contributed by atoms with E-state index in [4.69, 9.17) is 0 Å². The monoisotopic (exact) mass is 395 g/mol. The Hall–Kier alpha value is -2.89. The molecule has 1 aromatic carbocycles. The van der Waals surface area contributed by atoms with Crippen molar-refractivity contribution in [2.45, 2.75) is 58.0 Å². The number of aryl methyl sites for hydroxylation is 1. The zero-order chi connectivity index (χ0) is 20.6. The van der Waals surface area contributed by atoms with Crippen molar-refractivity contribution in [1.29, 1.82) is 0 Å². The lowest BCUT2D eigenvalue weighted by Gasteiger charge is -2.22. The molecule has 6 heteroatoms. The Morgan fingerprint density at radius 2 is 1.83 bits per heavy atom. The summed E-state index contributed by atoms with van der Waals surface area (Å²) in [7, 11) is 0. The van der Waals surface area contributed by atoms with Gasteiger partial charge in [0.25, 0.3) is 11.5 Å². The fraction of sp³-hybridized carbons (Fsp3) is 0.435. The van der Waals surface area contributed by atoms with Gasteiger partial charge in [0.05, 0.1) is 5.56 Å². The van der Waals surface area contributed by atoms with Gasteiger partial charge in [-0.1, -0.05) is 43.5 Å². The maximum absolute atomic E-state index is 12.5. The van der Waals surface area contributed by atoms with E-state index in [0.717, 1.165) is 32.1 Å². The molecular weight excluding hydrogens is 366 g/mol. The number of aromatic nitrogens is 1. The smallest absolute Gasteiger partial charge is 0.252 e. The Kier molecular flexibility index (Phi) is 7.22. The zero-order valence-corrected chi connectivity index (χ0v) is 16.9. The van der Waals surface area contributed by atoms with Crippen molar-refractivity contribution in [1.82, 2.24) is 15.2 Å². The molecule has 6 nitrogen and oxygen atoms in total. The van der Waals surface area contributed by atoms with Crippen molar-refractivity contribution < 1.29 is 9.59 Å². The molecule has 1 saturated carbocycles. The van der Waals surface area contributed by atoms with Crippen LogP contribution in [-0.4, -0.2) is 29.0 Å². The molecule has 29 heavy (non-hydrogen) atoms. The van der Waals surface area contributed by atoms with Gasteiger partial charge in [-0.05, 0) is 43.4 Å². The fourth-order valence-electron chi connectivity index (χ4n) is 3.77. The SMILES string of the molecule is Cc1ccccc1CCNC(=O)c1ccc(=O)n(CC(=O)NC2CCCCC2)c1. The third kappa shape index (κ3) is 6.04. The average Bonchev–Trinajstić information content (AvgIpc) is 2.71. The van der Waals surface area contributed by atoms with E-state index in [-0.39, 0.29) is 30.0 Å². The van der Waals surface area contributed by atoms with E-state index in [1.54, 1.807) is 0 Å². The molecule has 0 atom stereocenters. The average molecular weight is 396 g/mol. The van der Waals surface area contributed by atoms with Crippen molar-refractivity contribution in [3.8, 4) is 0 Å². The van der Waals surface area contributed by atoms with Gasteiger partial charge >= 0.3 is 0 Å². The lowest BCUT2D eigenvalue weighted by atomic mass is 9.95. The number of hydrogen-bond acceptors (Lipinski definition) is 3. The topological polar surface area (TPSA) is 80.2 Å². The summed E-state index contributed by atoms with van der Waals surface area (Å²) in [5.74, 6) is -0.434. The summed E-state index contributed by atoms with van der Waals surface area (Å²) in [5, 5.41) is 5.89. The Labute approximate surface area is 171 Å². The number of nitrogens with zero attached hydrogens (tertiary/aromatic N) is 1. The van der Waals surface area contributed by atoms with Crippen molar-refractivity contribution in [3.63, 3.8) is 0 Å². The summed E-state index contributed by atoms with van der Waals surface area (Å²) in [5.41, 5.74) is 2.47. The number of nitrogens with one attached hydrogen (secondary N) is 2. The maximum Gasteiger partial charge on any atom is 0.252 e. The van der Waals surface area contributed by atoms with Crippen molar-refractivity contribution in [3.05, 3.63) is 69.6 Å². The maximum atomic E-state index is 12.5. The molecule has 3 rings (SSSR count). The van der Waals surface area contributed by atoms with Crippen LogP contribution in [0.25, 0.3) is 0 Å². The molecule has 1 heterocycles. The molecule has 0 saturated heterocycles. The minimum Gasteiger partial charge on any atom is -0.352 e. The van der Waals surface area contributed by atoms with Crippen LogP contribution in [0.5, 0.6) is 0 Å². The third-order valence-corrected chi connectivity index (χ3v) is 5.47. The predicted octanol–water partition coefficient (Wildman–Crippen LogP) is 2.58. The molecule has 0 radical (unpaired) electrons. The molecule has 0 unspecified atom stereocenters. The van der Waals surface area contributed by atoms with E-state index in [0.29, 0.717) is 12.1 Å². The normalized spacial score (nSPS) is 14.4. The van der Waals surface area contributed by atoms with Crippen LogP contribution in [0.1, 0.15) is 53.6 Å². The second-order valence-electron chi connectivity index (χ2n) is 7.72. The van der Waals surface area contributed by atoms with Gasteiger partial charge in [0.2, 0.25) is 5.91 Å². The molecule has 154 valence electrons. The third-order valence-electron chi connectivity index (χ3n) is 5.47. The lowest BCUT2D eigenvalue weighted by molar-refractivity contribution is -0.122. The number of amides is 2. The largest absolute Gasteiger partial charge is 0.352 e. The van der Waals surface area contributed by atoms with Gasteiger partial charge in [0.1, 0.15) is 6.54 Å². The van der Waals surface area contributed by atoms with Crippen LogP contribution in [0.4, 0.5) is 0 Å². The van der Waals surface area contributed by atoms with Crippen LogP contribution in [0, 0.1) is 6.92 Å². The van der Waals surface area contributed by atoms with E-state index >= 15 is 0 Å². The first-order valence-corrected chi connectivity index (χ1v) is 10.4. The molecule has 1 aliphatic rings. The minimum atomic E-state index is -0.291. The second kappa shape index (κ2) is 10.0. The van der Waals surface area contributed by atoms with E-state index in [2.05, 4.69) is 10.6 Å². The highest BCUT2D eigenvalue weighted by Crippen LogP contribution is 2.17. The first-order valence-electron chi connectivity index (χ1n) is 10.4. The standard InChI is InChI=1S/C23H29N3O3/c1-17-7-5-6-8-18(17)13-14-24-23(29)19-11-12-22(28)26(15-19)16-21(27)25-20-9-3-2-4-10-20/h5-8,11-12,15,20H,2-4,9-10,13-14,16H2,1H3,(H,24,29)(H,25,27). The summed E-state index contributed by atoms with van der Waals surface area (Å²) in [6.45, 7) is 2.48. The summed E-state index contributed by atoms with van der Waals surface area (Å²) >= 11 is 0.